The number of halogens is 3. The number of hydrogen-bond donors (Lipinski definition) is 0. The minimum absolute atomic E-state index is 0.0159. The highest BCUT2D eigenvalue weighted by molar-refractivity contribution is 9.10. The third-order valence-corrected chi connectivity index (χ3v) is 3.90. The molecule has 0 saturated carbocycles. The molecular formula is C13H16BrF2N. The van der Waals surface area contributed by atoms with Crippen molar-refractivity contribution in [1.82, 2.24) is 4.90 Å². The van der Waals surface area contributed by atoms with Crippen LogP contribution in [0.25, 0.3) is 0 Å². The highest BCUT2D eigenvalue weighted by atomic mass is 79.9. The molecule has 2 rings (SSSR count). The van der Waals surface area contributed by atoms with Crippen LogP contribution in [0.5, 0.6) is 0 Å². The second-order valence-electron chi connectivity index (χ2n) is 4.58. The van der Waals surface area contributed by atoms with Crippen molar-refractivity contribution in [3.05, 3.63) is 34.3 Å². The number of alkyl halides is 2. The minimum Gasteiger partial charge on any atom is -0.297 e. The van der Waals surface area contributed by atoms with Gasteiger partial charge in [-0.2, -0.15) is 0 Å². The first-order valence-electron chi connectivity index (χ1n) is 5.90. The summed E-state index contributed by atoms with van der Waals surface area (Å²) in [5.41, 5.74) is 1.25. The fourth-order valence-electron chi connectivity index (χ4n) is 2.19. The zero-order chi connectivity index (χ0) is 12.3. The predicted octanol–water partition coefficient (Wildman–Crippen LogP) is 3.72. The number of aryl methyl sites for hydroxylation is 1. The van der Waals surface area contributed by atoms with Crippen molar-refractivity contribution in [3.63, 3.8) is 0 Å². The fraction of sp³-hybridized carbons (Fsp3) is 0.538. The summed E-state index contributed by atoms with van der Waals surface area (Å²) < 4.78 is 27.0. The summed E-state index contributed by atoms with van der Waals surface area (Å²) in [7, 11) is 0. The molecule has 4 heteroatoms. The molecule has 0 aliphatic carbocycles. The maximum Gasteiger partial charge on any atom is 0.261 e. The first kappa shape index (κ1) is 13.0. The molecule has 0 radical (unpaired) electrons. The lowest BCUT2D eigenvalue weighted by Gasteiger charge is -2.15. The zero-order valence-corrected chi connectivity index (χ0v) is 11.2. The quantitative estimate of drug-likeness (QED) is 0.819. The van der Waals surface area contributed by atoms with E-state index in [0.29, 0.717) is 6.54 Å². The monoisotopic (exact) mass is 303 g/mol. The fourth-order valence-corrected chi connectivity index (χ4v) is 2.68. The first-order chi connectivity index (χ1) is 8.07. The normalized spacial score (nSPS) is 19.7. The van der Waals surface area contributed by atoms with E-state index >= 15 is 0 Å². The molecule has 0 bridgehead atoms. The Labute approximate surface area is 109 Å². The van der Waals surface area contributed by atoms with Crippen molar-refractivity contribution in [2.75, 3.05) is 19.6 Å². The van der Waals surface area contributed by atoms with Crippen molar-refractivity contribution in [2.45, 2.75) is 25.2 Å². The Morgan fingerprint density at radius 2 is 2.06 bits per heavy atom. The Bertz CT molecular complexity index is 381. The molecule has 0 amide bonds. The molecule has 0 spiro atoms. The first-order valence-corrected chi connectivity index (χ1v) is 6.70. The van der Waals surface area contributed by atoms with Gasteiger partial charge in [0.15, 0.2) is 0 Å². The molecule has 1 heterocycles. The van der Waals surface area contributed by atoms with Gasteiger partial charge in [-0.1, -0.05) is 34.1 Å². The lowest BCUT2D eigenvalue weighted by Crippen LogP contribution is -2.26. The Hall–Kier alpha value is -0.480. The van der Waals surface area contributed by atoms with Crippen molar-refractivity contribution in [2.24, 2.45) is 0 Å². The summed E-state index contributed by atoms with van der Waals surface area (Å²) in [6, 6.07) is 8.07. The second kappa shape index (κ2) is 5.44. The molecular weight excluding hydrogens is 288 g/mol. The molecule has 0 N–H and O–H groups in total. The van der Waals surface area contributed by atoms with E-state index in [1.165, 1.54) is 5.56 Å². The van der Waals surface area contributed by atoms with E-state index in [4.69, 9.17) is 0 Å². The highest BCUT2D eigenvalue weighted by Crippen LogP contribution is 2.27. The standard InChI is InChI=1S/C13H16BrF2N/c14-12-6-2-1-4-11(12)5-3-8-17-9-7-13(15,16)10-17/h1-2,4,6H,3,5,7-10H2. The maximum atomic E-state index is 13.0. The van der Waals surface area contributed by atoms with Gasteiger partial charge in [0.05, 0.1) is 6.54 Å². The van der Waals surface area contributed by atoms with Crippen molar-refractivity contribution in [3.8, 4) is 0 Å². The molecule has 1 aromatic carbocycles. The highest BCUT2D eigenvalue weighted by Gasteiger charge is 2.37. The van der Waals surface area contributed by atoms with E-state index in [1.54, 1.807) is 0 Å². The summed E-state index contributed by atoms with van der Waals surface area (Å²) in [6.45, 7) is 1.23. The Morgan fingerprint density at radius 1 is 1.29 bits per heavy atom. The Kier molecular flexibility index (Phi) is 4.15. The van der Waals surface area contributed by atoms with Gasteiger partial charge in [-0.15, -0.1) is 0 Å². The summed E-state index contributed by atoms with van der Waals surface area (Å²) >= 11 is 3.49. The largest absolute Gasteiger partial charge is 0.297 e. The van der Waals surface area contributed by atoms with Crippen LogP contribution in [0.2, 0.25) is 0 Å². The average Bonchev–Trinajstić information content (AvgIpc) is 2.61. The van der Waals surface area contributed by atoms with Crippen LogP contribution in [0.1, 0.15) is 18.4 Å². The van der Waals surface area contributed by atoms with Gasteiger partial charge in [0, 0.05) is 17.4 Å². The summed E-state index contributed by atoms with van der Waals surface area (Å²) in [5.74, 6) is -2.46. The molecule has 0 unspecified atom stereocenters. The molecule has 1 nitrogen and oxygen atoms in total. The summed E-state index contributed by atoms with van der Waals surface area (Å²) in [4.78, 5) is 1.86. The van der Waals surface area contributed by atoms with Gasteiger partial charge in [0.1, 0.15) is 0 Å². The van der Waals surface area contributed by atoms with Crippen LogP contribution in [0.15, 0.2) is 28.7 Å². The number of benzene rings is 1. The van der Waals surface area contributed by atoms with E-state index in [1.807, 2.05) is 23.1 Å². The van der Waals surface area contributed by atoms with Crippen LogP contribution in [-0.4, -0.2) is 30.5 Å². The predicted molar refractivity (Wildman–Crippen MR) is 68.5 cm³/mol. The van der Waals surface area contributed by atoms with Gasteiger partial charge < -0.3 is 0 Å². The molecule has 94 valence electrons. The van der Waals surface area contributed by atoms with Crippen LogP contribution < -0.4 is 0 Å². The van der Waals surface area contributed by atoms with Gasteiger partial charge in [0.25, 0.3) is 5.92 Å². The topological polar surface area (TPSA) is 3.24 Å². The van der Waals surface area contributed by atoms with Gasteiger partial charge in [-0.3, -0.25) is 4.90 Å². The van der Waals surface area contributed by atoms with Crippen LogP contribution >= 0.6 is 15.9 Å². The molecule has 0 atom stereocenters. The third kappa shape index (κ3) is 3.75. The smallest absolute Gasteiger partial charge is 0.261 e. The number of nitrogens with zero attached hydrogens (tertiary/aromatic N) is 1. The zero-order valence-electron chi connectivity index (χ0n) is 9.63. The Balaban J connectivity index is 1.76. The lowest BCUT2D eigenvalue weighted by molar-refractivity contribution is 0.0122. The molecule has 1 aliphatic heterocycles. The number of likely N-dealkylation sites (tertiary alicyclic amines) is 1. The van der Waals surface area contributed by atoms with Crippen LogP contribution in [0.4, 0.5) is 8.78 Å². The van der Waals surface area contributed by atoms with E-state index < -0.39 is 5.92 Å². The van der Waals surface area contributed by atoms with Gasteiger partial charge in [-0.05, 0) is 31.0 Å². The third-order valence-electron chi connectivity index (χ3n) is 3.13. The van der Waals surface area contributed by atoms with E-state index in [-0.39, 0.29) is 13.0 Å². The summed E-state index contributed by atoms with van der Waals surface area (Å²) in [6.07, 6.45) is 1.88. The van der Waals surface area contributed by atoms with Crippen LogP contribution in [0.3, 0.4) is 0 Å². The SMILES string of the molecule is FC1(F)CCN(CCCc2ccccc2Br)C1. The Morgan fingerprint density at radius 3 is 2.71 bits per heavy atom. The number of hydrogen-bond acceptors (Lipinski definition) is 1. The van der Waals surface area contributed by atoms with Crippen LogP contribution in [0, 0.1) is 0 Å². The summed E-state index contributed by atoms with van der Waals surface area (Å²) in [5, 5.41) is 0. The van der Waals surface area contributed by atoms with E-state index in [2.05, 4.69) is 22.0 Å². The molecule has 1 aliphatic rings. The lowest BCUT2D eigenvalue weighted by atomic mass is 10.1. The second-order valence-corrected chi connectivity index (χ2v) is 5.43. The van der Waals surface area contributed by atoms with Gasteiger partial charge >= 0.3 is 0 Å². The molecule has 1 aromatic rings. The van der Waals surface area contributed by atoms with Crippen LogP contribution in [-0.2, 0) is 6.42 Å². The van der Waals surface area contributed by atoms with E-state index in [0.717, 1.165) is 23.9 Å². The van der Waals surface area contributed by atoms with Crippen molar-refractivity contribution < 1.29 is 8.78 Å². The van der Waals surface area contributed by atoms with E-state index in [9.17, 15) is 8.78 Å². The molecule has 0 aromatic heterocycles. The minimum atomic E-state index is -2.46. The maximum absolute atomic E-state index is 13.0. The molecule has 1 fully saturated rings. The molecule has 17 heavy (non-hydrogen) atoms. The van der Waals surface area contributed by atoms with Crippen molar-refractivity contribution in [1.29, 1.82) is 0 Å². The van der Waals surface area contributed by atoms with Gasteiger partial charge in [-0.25, -0.2) is 8.78 Å². The molecule has 1 saturated heterocycles. The van der Waals surface area contributed by atoms with Gasteiger partial charge in [0.2, 0.25) is 0 Å². The average molecular weight is 304 g/mol. The number of rotatable bonds is 4. The van der Waals surface area contributed by atoms with Crippen molar-refractivity contribution >= 4 is 15.9 Å².